The maximum absolute atomic E-state index is 13.4. The van der Waals surface area contributed by atoms with E-state index in [1.54, 1.807) is 42.2 Å². The van der Waals surface area contributed by atoms with Gasteiger partial charge >= 0.3 is 18.0 Å². The lowest BCUT2D eigenvalue weighted by molar-refractivity contribution is -0.147. The van der Waals surface area contributed by atoms with E-state index in [0.29, 0.717) is 34.2 Å². The van der Waals surface area contributed by atoms with E-state index in [0.717, 1.165) is 0 Å². The number of carbonyl (C=O) groups is 1. The van der Waals surface area contributed by atoms with E-state index in [1.807, 2.05) is 20.8 Å². The maximum atomic E-state index is 13.4. The number of aryl methyl sites for hydroxylation is 1. The van der Waals surface area contributed by atoms with E-state index in [4.69, 9.17) is 4.52 Å². The predicted octanol–water partition coefficient (Wildman–Crippen LogP) is 3.94. The Bertz CT molecular complexity index is 1540. The fourth-order valence-corrected chi connectivity index (χ4v) is 4.48. The highest BCUT2D eigenvalue weighted by molar-refractivity contribution is 5.89. The van der Waals surface area contributed by atoms with Crippen LogP contribution in [0.2, 0.25) is 0 Å². The number of halogens is 3. The summed E-state index contributed by atoms with van der Waals surface area (Å²) in [5, 5.41) is 14.0. The molecule has 0 fully saturated rings. The number of amides is 1. The number of benzene rings is 1. The van der Waals surface area contributed by atoms with Crippen molar-refractivity contribution in [3.05, 3.63) is 59.6 Å². The minimum absolute atomic E-state index is 0.0217. The Balaban J connectivity index is 1.43. The minimum atomic E-state index is -4.38. The Labute approximate surface area is 233 Å². The Morgan fingerprint density at radius 2 is 1.95 bits per heavy atom. The van der Waals surface area contributed by atoms with Gasteiger partial charge in [0.15, 0.2) is 17.5 Å². The van der Waals surface area contributed by atoms with Gasteiger partial charge in [0.25, 0.3) is 0 Å². The summed E-state index contributed by atoms with van der Waals surface area (Å²) in [7, 11) is 1.78. The van der Waals surface area contributed by atoms with Crippen LogP contribution in [0, 0.1) is 0 Å². The van der Waals surface area contributed by atoms with Crippen LogP contribution in [-0.4, -0.2) is 64.9 Å². The van der Waals surface area contributed by atoms with E-state index in [9.17, 15) is 18.0 Å². The van der Waals surface area contributed by atoms with E-state index < -0.39 is 30.1 Å². The molecule has 0 saturated heterocycles. The monoisotopic (exact) mass is 570 g/mol. The highest BCUT2D eigenvalue weighted by Gasteiger charge is 2.34. The van der Waals surface area contributed by atoms with E-state index in [1.165, 1.54) is 11.2 Å². The van der Waals surface area contributed by atoms with Crippen molar-refractivity contribution >= 4 is 17.7 Å². The first-order chi connectivity index (χ1) is 19.3. The van der Waals surface area contributed by atoms with Crippen molar-refractivity contribution in [3.8, 4) is 11.4 Å². The molecule has 1 aliphatic heterocycles. The average Bonchev–Trinajstić information content (AvgIpc) is 3.52. The SMILES string of the molecule is Cn1ccc(Nc2ncnc(-c3ccc4c(c3)CN(CC(F)(F)F)CCC4NC(=O)c3nc(C(C)(C)C)no3)n2)n1. The zero-order chi connectivity index (χ0) is 29.4. The molecule has 1 amide bonds. The molecule has 0 radical (unpaired) electrons. The highest BCUT2D eigenvalue weighted by Crippen LogP contribution is 2.32. The molecule has 0 aliphatic carbocycles. The number of hydrogen-bond acceptors (Lipinski definition) is 10. The number of fused-ring (bicyclic) bond motifs is 1. The Morgan fingerprint density at radius 3 is 2.63 bits per heavy atom. The number of nitrogens with zero attached hydrogens (tertiary/aromatic N) is 8. The fraction of sp³-hybridized carbons (Fsp3) is 0.423. The summed E-state index contributed by atoms with van der Waals surface area (Å²) >= 11 is 0. The van der Waals surface area contributed by atoms with Crippen molar-refractivity contribution in [2.45, 2.75) is 51.4 Å². The predicted molar refractivity (Wildman–Crippen MR) is 141 cm³/mol. The molecule has 4 aromatic rings. The second kappa shape index (κ2) is 10.9. The Morgan fingerprint density at radius 1 is 1.15 bits per heavy atom. The summed E-state index contributed by atoms with van der Waals surface area (Å²) < 4.78 is 46.9. The maximum Gasteiger partial charge on any atom is 0.401 e. The van der Waals surface area contributed by atoms with Gasteiger partial charge in [-0.3, -0.25) is 14.4 Å². The van der Waals surface area contributed by atoms with Crippen LogP contribution in [0.25, 0.3) is 11.4 Å². The zero-order valence-corrected chi connectivity index (χ0v) is 22.9. The van der Waals surface area contributed by atoms with Crippen LogP contribution in [0.3, 0.4) is 0 Å². The molecular formula is C26H29F3N10O2. The number of carbonyl (C=O) groups excluding carboxylic acids is 1. The first kappa shape index (κ1) is 28.1. The molecule has 1 aromatic carbocycles. The van der Waals surface area contributed by atoms with Crippen LogP contribution >= 0.6 is 0 Å². The summed E-state index contributed by atoms with van der Waals surface area (Å²) in [5.74, 6) is 0.710. The van der Waals surface area contributed by atoms with Gasteiger partial charge in [-0.2, -0.15) is 28.2 Å². The minimum Gasteiger partial charge on any atom is -0.341 e. The van der Waals surface area contributed by atoms with E-state index in [-0.39, 0.29) is 31.3 Å². The average molecular weight is 571 g/mol. The van der Waals surface area contributed by atoms with Gasteiger partial charge in [-0.1, -0.05) is 38.1 Å². The molecule has 41 heavy (non-hydrogen) atoms. The normalized spacial score (nSPS) is 16.2. The van der Waals surface area contributed by atoms with Crippen LogP contribution in [0.4, 0.5) is 24.9 Å². The third-order valence-electron chi connectivity index (χ3n) is 6.43. The first-order valence-electron chi connectivity index (χ1n) is 12.9. The number of aromatic nitrogens is 7. The number of anilines is 2. The largest absolute Gasteiger partial charge is 0.401 e. The molecule has 5 rings (SSSR count). The molecule has 15 heteroatoms. The van der Waals surface area contributed by atoms with Crippen LogP contribution in [0.5, 0.6) is 0 Å². The van der Waals surface area contributed by atoms with Gasteiger partial charge in [-0.05, 0) is 23.6 Å². The lowest BCUT2D eigenvalue weighted by Crippen LogP contribution is -2.35. The summed E-state index contributed by atoms with van der Waals surface area (Å²) in [6, 6.07) is 6.45. The molecule has 1 aliphatic rings. The molecular weight excluding hydrogens is 541 g/mol. The molecule has 3 aromatic heterocycles. The van der Waals surface area contributed by atoms with Gasteiger partial charge in [0, 0.05) is 43.4 Å². The van der Waals surface area contributed by atoms with Crippen LogP contribution in [-0.2, 0) is 19.0 Å². The van der Waals surface area contributed by atoms with Gasteiger partial charge in [-0.15, -0.1) is 0 Å². The molecule has 2 N–H and O–H groups in total. The van der Waals surface area contributed by atoms with Crippen molar-refractivity contribution in [2.75, 3.05) is 18.4 Å². The third-order valence-corrected chi connectivity index (χ3v) is 6.43. The number of rotatable bonds is 6. The summed E-state index contributed by atoms with van der Waals surface area (Å²) in [6.07, 6.45) is -1.03. The van der Waals surface area contributed by atoms with E-state index >= 15 is 0 Å². The Hall–Kier alpha value is -4.40. The van der Waals surface area contributed by atoms with Gasteiger partial charge in [0.1, 0.15) is 6.33 Å². The molecule has 12 nitrogen and oxygen atoms in total. The van der Waals surface area contributed by atoms with Gasteiger partial charge in [0.05, 0.1) is 12.6 Å². The molecule has 0 bridgehead atoms. The summed E-state index contributed by atoms with van der Waals surface area (Å²) in [6.45, 7) is 4.71. The summed E-state index contributed by atoms with van der Waals surface area (Å²) in [4.78, 5) is 31.4. The zero-order valence-electron chi connectivity index (χ0n) is 22.9. The highest BCUT2D eigenvalue weighted by atomic mass is 19.4. The van der Waals surface area contributed by atoms with Gasteiger partial charge in [-0.25, -0.2) is 9.97 Å². The van der Waals surface area contributed by atoms with Crippen LogP contribution < -0.4 is 10.6 Å². The molecule has 4 heterocycles. The molecule has 0 spiro atoms. The van der Waals surface area contributed by atoms with Crippen LogP contribution in [0.15, 0.2) is 41.3 Å². The second-order valence-electron chi connectivity index (χ2n) is 10.9. The molecule has 216 valence electrons. The lowest BCUT2D eigenvalue weighted by Gasteiger charge is -2.22. The third kappa shape index (κ3) is 6.85. The van der Waals surface area contributed by atoms with E-state index in [2.05, 4.69) is 40.8 Å². The standard InChI is InChI=1S/C26H29F3N10O2/c1-25(2,3)23-35-22(41-37-23)21(40)32-18-7-10-39(13-26(27,28)29)12-16-11-15(5-6-17(16)18)20-30-14-31-24(34-20)33-19-8-9-38(4)36-19/h5-6,8-9,11,14,18H,7,10,12-13H2,1-4H3,(H,32,40)(H,30,31,33,34,36). The lowest BCUT2D eigenvalue weighted by atomic mass is 9.96. The van der Waals surface area contributed by atoms with Crippen molar-refractivity contribution in [1.29, 1.82) is 0 Å². The van der Waals surface area contributed by atoms with Gasteiger partial charge < -0.3 is 15.2 Å². The van der Waals surface area contributed by atoms with Crippen molar-refractivity contribution in [2.24, 2.45) is 7.05 Å². The molecule has 0 saturated carbocycles. The van der Waals surface area contributed by atoms with Crippen molar-refractivity contribution in [3.63, 3.8) is 0 Å². The number of nitrogens with one attached hydrogen (secondary N) is 2. The summed E-state index contributed by atoms with van der Waals surface area (Å²) in [5.41, 5.74) is 1.45. The van der Waals surface area contributed by atoms with Crippen molar-refractivity contribution < 1.29 is 22.5 Å². The quantitative estimate of drug-likeness (QED) is 0.350. The first-order valence-corrected chi connectivity index (χ1v) is 12.9. The number of hydrogen-bond donors (Lipinski definition) is 2. The number of alkyl halides is 3. The topological polar surface area (TPSA) is 140 Å². The van der Waals surface area contributed by atoms with Crippen LogP contribution in [0.1, 0.15) is 60.9 Å². The molecule has 1 unspecified atom stereocenters. The fourth-order valence-electron chi connectivity index (χ4n) is 4.48. The molecule has 1 atom stereocenters. The van der Waals surface area contributed by atoms with Gasteiger partial charge in [0.2, 0.25) is 5.95 Å². The smallest absolute Gasteiger partial charge is 0.341 e. The Kier molecular flexibility index (Phi) is 7.46. The van der Waals surface area contributed by atoms with Crippen molar-refractivity contribution in [1.82, 2.24) is 45.1 Å². The second-order valence-corrected chi connectivity index (χ2v) is 10.9.